The third kappa shape index (κ3) is 9.46. The highest BCUT2D eigenvalue weighted by Crippen LogP contribution is 2.34. The first kappa shape index (κ1) is 22.8. The lowest BCUT2D eigenvalue weighted by molar-refractivity contribution is -0.117. The van der Waals surface area contributed by atoms with E-state index in [1.54, 1.807) is 0 Å². The van der Waals surface area contributed by atoms with E-state index >= 15 is 0 Å². The molecular formula is C19H32O3. The molecular weight excluding hydrogens is 276 g/mol. The third-order valence-corrected chi connectivity index (χ3v) is 4.02. The summed E-state index contributed by atoms with van der Waals surface area (Å²) in [6.45, 7) is 15.5. The molecule has 0 heterocycles. The summed E-state index contributed by atoms with van der Waals surface area (Å²) in [4.78, 5) is 18.7. The van der Waals surface area contributed by atoms with E-state index in [4.69, 9.17) is 9.90 Å². The molecule has 1 aliphatic rings. The molecule has 126 valence electrons. The average Bonchev–Trinajstić information content (AvgIpc) is 2.54. The zero-order chi connectivity index (χ0) is 17.5. The maximum Gasteiger partial charge on any atom is 0.188 e. The summed E-state index contributed by atoms with van der Waals surface area (Å²) in [7, 11) is 0. The molecule has 0 radical (unpaired) electrons. The Bertz CT molecular complexity index is 356. The Kier molecular flexibility index (Phi) is 15.0. The average molecular weight is 308 g/mol. The van der Waals surface area contributed by atoms with E-state index in [1.165, 1.54) is 43.9 Å². The van der Waals surface area contributed by atoms with Gasteiger partial charge in [-0.1, -0.05) is 71.4 Å². The molecule has 0 aromatic heterocycles. The van der Waals surface area contributed by atoms with E-state index in [0.717, 1.165) is 17.8 Å². The second-order valence-electron chi connectivity index (χ2n) is 5.81. The van der Waals surface area contributed by atoms with E-state index in [0.29, 0.717) is 5.57 Å². The number of aliphatic hydroxyl groups excluding tert-OH is 1. The molecule has 0 amide bonds. The molecule has 0 saturated heterocycles. The van der Waals surface area contributed by atoms with Crippen LogP contribution in [-0.4, -0.2) is 24.3 Å². The summed E-state index contributed by atoms with van der Waals surface area (Å²) < 4.78 is 0. The van der Waals surface area contributed by atoms with Crippen molar-refractivity contribution in [3.05, 3.63) is 37.0 Å². The van der Waals surface area contributed by atoms with Crippen molar-refractivity contribution >= 4 is 12.6 Å². The molecule has 3 heteroatoms. The highest BCUT2D eigenvalue weighted by Gasteiger charge is 2.23. The topological polar surface area (TPSA) is 54.4 Å². The van der Waals surface area contributed by atoms with E-state index in [9.17, 15) is 4.79 Å². The number of hydrogen-bond acceptors (Lipinski definition) is 3. The lowest BCUT2D eigenvalue weighted by atomic mass is 9.75. The number of aliphatic hydroxyl groups is 1. The molecule has 2 unspecified atom stereocenters. The fourth-order valence-corrected chi connectivity index (χ4v) is 2.83. The molecule has 2 atom stereocenters. The second kappa shape index (κ2) is 14.5. The fraction of sp³-hybridized carbons (Fsp3) is 0.579. The molecule has 1 saturated carbocycles. The first-order valence-electron chi connectivity index (χ1n) is 7.85. The number of rotatable bonds is 5. The summed E-state index contributed by atoms with van der Waals surface area (Å²) in [5.41, 5.74) is 0.387. The van der Waals surface area contributed by atoms with Crippen LogP contribution in [0.1, 0.15) is 46.5 Å². The Morgan fingerprint density at radius 3 is 2.09 bits per heavy atom. The minimum Gasteiger partial charge on any atom is -0.388 e. The summed E-state index contributed by atoms with van der Waals surface area (Å²) >= 11 is 0. The number of carbonyl (C=O) groups is 2. The van der Waals surface area contributed by atoms with E-state index in [1.807, 2.05) is 6.79 Å². The van der Waals surface area contributed by atoms with Crippen LogP contribution < -0.4 is 0 Å². The zero-order valence-electron chi connectivity index (χ0n) is 14.4. The Labute approximate surface area is 135 Å². The highest BCUT2D eigenvalue weighted by atomic mass is 16.3. The Hall–Kier alpha value is -1.48. The maximum absolute atomic E-state index is 10.7. The van der Waals surface area contributed by atoms with Crippen LogP contribution in [0.5, 0.6) is 0 Å². The van der Waals surface area contributed by atoms with Gasteiger partial charge in [-0.15, -0.1) is 0 Å². The van der Waals surface area contributed by atoms with Crippen molar-refractivity contribution in [2.24, 2.45) is 17.8 Å². The molecule has 0 bridgehead atoms. The summed E-state index contributed by atoms with van der Waals surface area (Å²) in [5, 5.41) is 8.39. The minimum absolute atomic E-state index is 0.338. The fourth-order valence-electron chi connectivity index (χ4n) is 2.83. The SMILES string of the molecule is C=C/C=C(\C=C)C(=O)CO.C=O.CC(C)C1CCCCC1C. The van der Waals surface area contributed by atoms with Crippen LogP contribution in [0.3, 0.4) is 0 Å². The monoisotopic (exact) mass is 308 g/mol. The molecule has 0 aromatic carbocycles. The summed E-state index contributed by atoms with van der Waals surface area (Å²) in [6, 6.07) is 0. The molecule has 0 aliphatic heterocycles. The van der Waals surface area contributed by atoms with Crippen molar-refractivity contribution in [1.29, 1.82) is 0 Å². The van der Waals surface area contributed by atoms with Gasteiger partial charge < -0.3 is 9.90 Å². The zero-order valence-corrected chi connectivity index (χ0v) is 14.4. The molecule has 3 nitrogen and oxygen atoms in total. The van der Waals surface area contributed by atoms with Gasteiger partial charge in [-0.3, -0.25) is 4.79 Å². The van der Waals surface area contributed by atoms with Crippen LogP contribution in [0, 0.1) is 17.8 Å². The Balaban J connectivity index is 0. The first-order chi connectivity index (χ1) is 10.5. The van der Waals surface area contributed by atoms with Crippen LogP contribution in [0.2, 0.25) is 0 Å². The largest absolute Gasteiger partial charge is 0.388 e. The van der Waals surface area contributed by atoms with Gasteiger partial charge >= 0.3 is 0 Å². The summed E-state index contributed by atoms with van der Waals surface area (Å²) in [6.07, 6.45) is 10.3. The van der Waals surface area contributed by atoms with Crippen LogP contribution in [0.25, 0.3) is 0 Å². The molecule has 1 aliphatic carbocycles. The number of ketones is 1. The van der Waals surface area contributed by atoms with Crippen molar-refractivity contribution in [3.8, 4) is 0 Å². The minimum atomic E-state index is -0.480. The van der Waals surface area contributed by atoms with Crippen molar-refractivity contribution in [2.45, 2.75) is 46.5 Å². The first-order valence-corrected chi connectivity index (χ1v) is 7.85. The van der Waals surface area contributed by atoms with Crippen molar-refractivity contribution in [1.82, 2.24) is 0 Å². The third-order valence-electron chi connectivity index (χ3n) is 4.02. The standard InChI is InChI=1S/C10H20.C8H10O2.CH2O/c1-8(2)10-7-5-4-6-9(10)3;1-3-5-7(4-2)8(10)6-9;1-2/h8-10H,4-7H2,1-3H3;3-5,9H,1-2,6H2;1H2/b;7-5+;. The molecule has 0 aromatic rings. The van der Waals surface area contributed by atoms with Crippen LogP contribution in [0.4, 0.5) is 0 Å². The van der Waals surface area contributed by atoms with E-state index < -0.39 is 6.61 Å². The number of allylic oxidation sites excluding steroid dienone is 3. The number of carbonyl (C=O) groups excluding carboxylic acids is 2. The van der Waals surface area contributed by atoms with Gasteiger partial charge in [0, 0.05) is 5.57 Å². The van der Waals surface area contributed by atoms with Gasteiger partial charge in [0.25, 0.3) is 0 Å². The molecule has 0 spiro atoms. The predicted molar refractivity (Wildman–Crippen MR) is 93.7 cm³/mol. The quantitative estimate of drug-likeness (QED) is 0.613. The van der Waals surface area contributed by atoms with Crippen LogP contribution >= 0.6 is 0 Å². The Morgan fingerprint density at radius 2 is 1.77 bits per heavy atom. The second-order valence-corrected chi connectivity index (χ2v) is 5.81. The van der Waals surface area contributed by atoms with Gasteiger partial charge in [-0.2, -0.15) is 0 Å². The summed E-state index contributed by atoms with van der Waals surface area (Å²) in [5.74, 6) is 2.59. The molecule has 1 rings (SSSR count). The lowest BCUT2D eigenvalue weighted by Crippen LogP contribution is -2.21. The van der Waals surface area contributed by atoms with Crippen LogP contribution in [0.15, 0.2) is 37.0 Å². The van der Waals surface area contributed by atoms with E-state index in [-0.39, 0.29) is 5.78 Å². The highest BCUT2D eigenvalue weighted by molar-refractivity contribution is 5.98. The van der Waals surface area contributed by atoms with Crippen LogP contribution in [-0.2, 0) is 9.59 Å². The predicted octanol–water partition coefficient (Wildman–Crippen LogP) is 4.13. The van der Waals surface area contributed by atoms with Crippen molar-refractivity contribution in [3.63, 3.8) is 0 Å². The molecule has 1 fully saturated rings. The normalized spacial score (nSPS) is 20.9. The van der Waals surface area contributed by atoms with Crippen molar-refractivity contribution in [2.75, 3.05) is 6.61 Å². The van der Waals surface area contributed by atoms with Gasteiger partial charge in [0.15, 0.2) is 5.78 Å². The number of hydrogen-bond donors (Lipinski definition) is 1. The van der Waals surface area contributed by atoms with Gasteiger partial charge in [0.2, 0.25) is 0 Å². The smallest absolute Gasteiger partial charge is 0.188 e. The number of Topliss-reactive ketones (excluding diaryl/α,β-unsaturated/α-hetero) is 1. The maximum atomic E-state index is 10.7. The van der Waals surface area contributed by atoms with Gasteiger partial charge in [0.1, 0.15) is 13.4 Å². The molecule has 1 N–H and O–H groups in total. The lowest BCUT2D eigenvalue weighted by Gasteiger charge is -2.31. The van der Waals surface area contributed by atoms with E-state index in [2.05, 4.69) is 33.9 Å². The van der Waals surface area contributed by atoms with Gasteiger partial charge in [-0.05, 0) is 24.2 Å². The van der Waals surface area contributed by atoms with Gasteiger partial charge in [0.05, 0.1) is 0 Å². The van der Waals surface area contributed by atoms with Gasteiger partial charge in [-0.25, -0.2) is 0 Å². The molecule has 22 heavy (non-hydrogen) atoms. The Morgan fingerprint density at radius 1 is 1.23 bits per heavy atom. The van der Waals surface area contributed by atoms with Crippen molar-refractivity contribution < 1.29 is 14.7 Å².